The summed E-state index contributed by atoms with van der Waals surface area (Å²) in [6.45, 7) is 10.3. The van der Waals surface area contributed by atoms with Gasteiger partial charge in [-0.15, -0.1) is 0 Å². The van der Waals surface area contributed by atoms with Crippen molar-refractivity contribution in [2.45, 2.75) is 52.2 Å². The average Bonchev–Trinajstić information content (AvgIpc) is 2.46. The predicted octanol–water partition coefficient (Wildman–Crippen LogP) is 4.93. The van der Waals surface area contributed by atoms with Crippen molar-refractivity contribution in [1.29, 1.82) is 0 Å². The van der Waals surface area contributed by atoms with Crippen molar-refractivity contribution in [1.82, 2.24) is 4.90 Å². The minimum Gasteiger partial charge on any atom is -0.386 e. The fraction of sp³-hybridized carbons (Fsp3) is 0.625. The van der Waals surface area contributed by atoms with Gasteiger partial charge >= 0.3 is 0 Å². The predicted molar refractivity (Wildman–Crippen MR) is 87.7 cm³/mol. The van der Waals surface area contributed by atoms with Gasteiger partial charge in [0.05, 0.1) is 11.6 Å². The van der Waals surface area contributed by atoms with E-state index in [0.29, 0.717) is 10.0 Å². The number of aliphatic hydroxyl groups is 1. The molecule has 0 heterocycles. The maximum Gasteiger partial charge on any atom is 0.0988 e. The highest BCUT2D eigenvalue weighted by Gasteiger charge is 2.40. The summed E-state index contributed by atoms with van der Waals surface area (Å²) in [6.07, 6.45) is 1.06. The Bertz CT molecular complexity index is 428. The molecule has 0 aliphatic rings. The third-order valence-corrected chi connectivity index (χ3v) is 4.96. The lowest BCUT2D eigenvalue weighted by Crippen LogP contribution is -2.52. The highest BCUT2D eigenvalue weighted by atomic mass is 35.5. The number of likely N-dealkylation sites (N-methyl/N-ethyl adjacent to an activating group) is 1. The molecule has 0 spiro atoms. The monoisotopic (exact) mass is 317 g/mol. The van der Waals surface area contributed by atoms with E-state index in [2.05, 4.69) is 32.6 Å². The molecule has 20 heavy (non-hydrogen) atoms. The van der Waals surface area contributed by atoms with Crippen LogP contribution >= 0.6 is 23.2 Å². The lowest BCUT2D eigenvalue weighted by Gasteiger charge is -2.46. The molecule has 1 N–H and O–H groups in total. The van der Waals surface area contributed by atoms with Crippen molar-refractivity contribution in [2.24, 2.45) is 0 Å². The number of rotatable bonds is 7. The molecule has 0 radical (unpaired) electrons. The van der Waals surface area contributed by atoms with Gasteiger partial charge in [-0.1, -0.05) is 50.9 Å². The fourth-order valence-electron chi connectivity index (χ4n) is 3.12. The molecule has 1 aromatic carbocycles. The van der Waals surface area contributed by atoms with E-state index >= 15 is 0 Å². The summed E-state index contributed by atoms with van der Waals surface area (Å²) in [6, 6.07) is 5.27. The summed E-state index contributed by atoms with van der Waals surface area (Å²) in [4.78, 5) is 2.31. The van der Waals surface area contributed by atoms with Crippen LogP contribution in [0, 0.1) is 0 Å². The number of nitrogens with zero attached hydrogens (tertiary/aromatic N) is 1. The van der Waals surface area contributed by atoms with E-state index in [4.69, 9.17) is 23.2 Å². The van der Waals surface area contributed by atoms with E-state index in [0.717, 1.165) is 31.5 Å². The van der Waals surface area contributed by atoms with Gasteiger partial charge in [0.1, 0.15) is 0 Å². The van der Waals surface area contributed by atoms with Crippen LogP contribution in [0.25, 0.3) is 0 Å². The Kier molecular flexibility index (Phi) is 6.80. The molecule has 0 fully saturated rings. The lowest BCUT2D eigenvalue weighted by atomic mass is 9.81. The molecular formula is C16H25Cl2NO. The van der Waals surface area contributed by atoms with E-state index < -0.39 is 6.10 Å². The van der Waals surface area contributed by atoms with Crippen LogP contribution in [-0.4, -0.2) is 28.6 Å². The molecular weight excluding hydrogens is 293 g/mol. The number of hydrogen-bond donors (Lipinski definition) is 1. The van der Waals surface area contributed by atoms with Gasteiger partial charge in [0.25, 0.3) is 0 Å². The molecule has 1 aromatic rings. The van der Waals surface area contributed by atoms with E-state index in [1.807, 2.05) is 0 Å². The molecule has 1 unspecified atom stereocenters. The zero-order chi connectivity index (χ0) is 15.3. The lowest BCUT2D eigenvalue weighted by molar-refractivity contribution is -0.0365. The SMILES string of the molecule is CCN(CC)C(CC)(CC)C(O)c1cc(Cl)ccc1Cl. The molecule has 1 atom stereocenters. The van der Waals surface area contributed by atoms with Crippen LogP contribution in [0.4, 0.5) is 0 Å². The molecule has 2 nitrogen and oxygen atoms in total. The van der Waals surface area contributed by atoms with Crippen LogP contribution in [-0.2, 0) is 0 Å². The zero-order valence-electron chi connectivity index (χ0n) is 12.8. The highest BCUT2D eigenvalue weighted by Crippen LogP contribution is 2.40. The first-order valence-corrected chi connectivity index (χ1v) is 8.10. The summed E-state index contributed by atoms with van der Waals surface area (Å²) < 4.78 is 0. The molecule has 114 valence electrons. The topological polar surface area (TPSA) is 23.5 Å². The van der Waals surface area contributed by atoms with Crippen LogP contribution in [0.1, 0.15) is 52.2 Å². The summed E-state index contributed by atoms with van der Waals surface area (Å²) in [5, 5.41) is 12.2. The van der Waals surface area contributed by atoms with Crippen LogP contribution in [0.2, 0.25) is 10.0 Å². The summed E-state index contributed by atoms with van der Waals surface area (Å²) in [5.41, 5.74) is 0.410. The average molecular weight is 318 g/mol. The van der Waals surface area contributed by atoms with Crippen molar-refractivity contribution in [3.05, 3.63) is 33.8 Å². The Balaban J connectivity index is 3.29. The number of hydrogen-bond acceptors (Lipinski definition) is 2. The minimum absolute atomic E-state index is 0.308. The highest BCUT2D eigenvalue weighted by molar-refractivity contribution is 6.33. The van der Waals surface area contributed by atoms with Crippen molar-refractivity contribution in [3.63, 3.8) is 0 Å². The molecule has 0 saturated carbocycles. The van der Waals surface area contributed by atoms with Crippen LogP contribution in [0.5, 0.6) is 0 Å². The molecule has 0 aromatic heterocycles. The maximum absolute atomic E-state index is 11.0. The number of benzene rings is 1. The van der Waals surface area contributed by atoms with Crippen molar-refractivity contribution < 1.29 is 5.11 Å². The largest absolute Gasteiger partial charge is 0.386 e. The van der Waals surface area contributed by atoms with Gasteiger partial charge in [0.15, 0.2) is 0 Å². The molecule has 4 heteroatoms. The van der Waals surface area contributed by atoms with Crippen molar-refractivity contribution in [2.75, 3.05) is 13.1 Å². The van der Waals surface area contributed by atoms with Crippen LogP contribution in [0.15, 0.2) is 18.2 Å². The molecule has 0 amide bonds. The Morgan fingerprint density at radius 2 is 1.65 bits per heavy atom. The van der Waals surface area contributed by atoms with Gasteiger partial charge in [-0.3, -0.25) is 4.90 Å². The Morgan fingerprint density at radius 3 is 2.10 bits per heavy atom. The fourth-order valence-corrected chi connectivity index (χ4v) is 3.53. The Labute approximate surface area is 132 Å². The number of halogens is 2. The van der Waals surface area contributed by atoms with E-state index in [9.17, 15) is 5.11 Å². The van der Waals surface area contributed by atoms with E-state index in [1.165, 1.54) is 0 Å². The summed E-state index contributed by atoms with van der Waals surface area (Å²) in [7, 11) is 0. The van der Waals surface area contributed by atoms with Gasteiger partial charge in [0.2, 0.25) is 0 Å². The van der Waals surface area contributed by atoms with Crippen molar-refractivity contribution >= 4 is 23.2 Å². The first-order valence-electron chi connectivity index (χ1n) is 7.34. The zero-order valence-corrected chi connectivity index (χ0v) is 14.3. The van der Waals surface area contributed by atoms with Crippen LogP contribution in [0.3, 0.4) is 0 Å². The second-order valence-corrected chi connectivity index (χ2v) is 5.89. The van der Waals surface area contributed by atoms with Gasteiger partial charge in [-0.2, -0.15) is 0 Å². The van der Waals surface area contributed by atoms with Gasteiger partial charge in [-0.25, -0.2) is 0 Å². The quantitative estimate of drug-likeness (QED) is 0.771. The second-order valence-electron chi connectivity index (χ2n) is 5.05. The van der Waals surface area contributed by atoms with E-state index in [1.54, 1.807) is 18.2 Å². The normalized spacial score (nSPS) is 13.8. The molecule has 0 aliphatic carbocycles. The Hall–Kier alpha value is -0.280. The summed E-state index contributed by atoms with van der Waals surface area (Å²) >= 11 is 12.3. The third kappa shape index (κ3) is 3.30. The third-order valence-electron chi connectivity index (χ3n) is 4.38. The maximum atomic E-state index is 11.0. The van der Waals surface area contributed by atoms with Gasteiger partial charge in [0, 0.05) is 15.6 Å². The molecule has 0 saturated heterocycles. The van der Waals surface area contributed by atoms with Gasteiger partial charge in [-0.05, 0) is 44.1 Å². The minimum atomic E-state index is -0.649. The standard InChI is InChI=1S/C16H25Cl2NO/c1-5-16(6-2,19(7-3)8-4)15(20)13-11-12(17)9-10-14(13)18/h9-11,15,20H,5-8H2,1-4H3. The molecule has 0 aliphatic heterocycles. The van der Waals surface area contributed by atoms with Crippen molar-refractivity contribution in [3.8, 4) is 0 Å². The molecule has 1 rings (SSSR count). The first-order chi connectivity index (χ1) is 9.46. The van der Waals surface area contributed by atoms with Crippen LogP contribution < -0.4 is 0 Å². The number of aliphatic hydroxyl groups excluding tert-OH is 1. The first kappa shape index (κ1) is 17.8. The summed E-state index contributed by atoms with van der Waals surface area (Å²) in [5.74, 6) is 0. The smallest absolute Gasteiger partial charge is 0.0988 e. The molecule has 0 bridgehead atoms. The Morgan fingerprint density at radius 1 is 1.10 bits per heavy atom. The van der Waals surface area contributed by atoms with E-state index in [-0.39, 0.29) is 5.54 Å². The van der Waals surface area contributed by atoms with Gasteiger partial charge < -0.3 is 5.11 Å². The second kappa shape index (κ2) is 7.65.